The topological polar surface area (TPSA) is 56.0 Å². The fraction of sp³-hybridized carbons (Fsp3) is 0.286. The van der Waals surface area contributed by atoms with Gasteiger partial charge in [-0.15, -0.1) is 0 Å². The van der Waals surface area contributed by atoms with Gasteiger partial charge in [0, 0.05) is 29.8 Å². The zero-order valence-electron chi connectivity index (χ0n) is 9.73. The number of nitrogens with two attached hydrogens (primary N) is 1. The van der Waals surface area contributed by atoms with Crippen molar-refractivity contribution in [3.63, 3.8) is 0 Å². The minimum atomic E-state index is 0.155. The van der Waals surface area contributed by atoms with Crippen molar-refractivity contribution < 1.29 is 4.79 Å². The Hall–Kier alpha value is -1.74. The highest BCUT2D eigenvalue weighted by Gasteiger charge is 2.09. The van der Waals surface area contributed by atoms with Gasteiger partial charge in [0.1, 0.15) is 0 Å². The van der Waals surface area contributed by atoms with E-state index in [4.69, 9.17) is 5.73 Å². The lowest BCUT2D eigenvalue weighted by Crippen LogP contribution is -2.03. The number of Topliss-reactive ketones (excluding diaryl/α,β-unsaturated/α-hetero) is 1. The Bertz CT molecular complexity index is 517. The maximum atomic E-state index is 12.1. The Morgan fingerprint density at radius 2 is 2.00 bits per heavy atom. The van der Waals surface area contributed by atoms with Gasteiger partial charge in [-0.3, -0.25) is 9.78 Å². The number of nitrogens with zero attached hydrogens (tertiary/aromatic N) is 1. The van der Waals surface area contributed by atoms with Gasteiger partial charge in [0.15, 0.2) is 5.78 Å². The molecule has 0 unspecified atom stereocenters. The molecular weight excluding hydrogens is 212 g/mol. The van der Waals surface area contributed by atoms with Gasteiger partial charge < -0.3 is 5.73 Å². The van der Waals surface area contributed by atoms with Crippen LogP contribution in [0.3, 0.4) is 0 Å². The van der Waals surface area contributed by atoms with E-state index in [1.165, 1.54) is 0 Å². The van der Waals surface area contributed by atoms with Crippen molar-refractivity contribution >= 4 is 16.6 Å². The first kappa shape index (κ1) is 11.7. The number of benzene rings is 1. The molecule has 0 fully saturated rings. The van der Waals surface area contributed by atoms with Crippen molar-refractivity contribution in [1.82, 2.24) is 4.98 Å². The first-order valence-electron chi connectivity index (χ1n) is 5.89. The Morgan fingerprint density at radius 1 is 1.18 bits per heavy atom. The quantitative estimate of drug-likeness (QED) is 0.632. The van der Waals surface area contributed by atoms with E-state index in [1.807, 2.05) is 24.3 Å². The summed E-state index contributed by atoms with van der Waals surface area (Å²) < 4.78 is 0. The summed E-state index contributed by atoms with van der Waals surface area (Å²) in [5, 5.41) is 2.00. The van der Waals surface area contributed by atoms with Gasteiger partial charge in [-0.1, -0.05) is 24.3 Å². The second kappa shape index (κ2) is 5.55. The molecule has 3 nitrogen and oxygen atoms in total. The average molecular weight is 228 g/mol. The molecule has 0 spiro atoms. The smallest absolute Gasteiger partial charge is 0.165 e. The predicted octanol–water partition coefficient (Wildman–Crippen LogP) is 2.55. The third-order valence-electron chi connectivity index (χ3n) is 2.83. The fourth-order valence-corrected chi connectivity index (χ4v) is 1.90. The van der Waals surface area contributed by atoms with Crippen LogP contribution in [-0.4, -0.2) is 17.3 Å². The number of carbonyl (C=O) groups excluding carboxylic acids is 1. The number of carbonyl (C=O) groups is 1. The summed E-state index contributed by atoms with van der Waals surface area (Å²) in [6, 6.07) is 7.83. The predicted molar refractivity (Wildman–Crippen MR) is 69.0 cm³/mol. The number of ketones is 1. The summed E-state index contributed by atoms with van der Waals surface area (Å²) in [6.45, 7) is 0.640. The first-order valence-corrected chi connectivity index (χ1v) is 5.89. The molecule has 0 atom stereocenters. The molecule has 1 heterocycles. The van der Waals surface area contributed by atoms with Crippen LogP contribution in [0.25, 0.3) is 10.8 Å². The Morgan fingerprint density at radius 3 is 2.82 bits per heavy atom. The van der Waals surface area contributed by atoms with Gasteiger partial charge in [0.25, 0.3) is 0 Å². The van der Waals surface area contributed by atoms with Crippen LogP contribution in [0.2, 0.25) is 0 Å². The molecule has 3 heteroatoms. The second-order valence-electron chi connectivity index (χ2n) is 4.08. The van der Waals surface area contributed by atoms with Crippen LogP contribution >= 0.6 is 0 Å². The molecule has 88 valence electrons. The maximum absolute atomic E-state index is 12.1. The molecule has 2 aromatic rings. The number of unbranched alkanes of at least 4 members (excludes halogenated alkanes) is 1. The summed E-state index contributed by atoms with van der Waals surface area (Å²) >= 11 is 0. The van der Waals surface area contributed by atoms with Gasteiger partial charge >= 0.3 is 0 Å². The van der Waals surface area contributed by atoms with E-state index in [0.717, 1.165) is 29.2 Å². The van der Waals surface area contributed by atoms with Crippen molar-refractivity contribution in [2.24, 2.45) is 5.73 Å². The third-order valence-corrected chi connectivity index (χ3v) is 2.83. The number of aromatic nitrogens is 1. The van der Waals surface area contributed by atoms with E-state index < -0.39 is 0 Å². The molecule has 0 aliphatic heterocycles. The van der Waals surface area contributed by atoms with Gasteiger partial charge in [-0.2, -0.15) is 0 Å². The van der Waals surface area contributed by atoms with Crippen LogP contribution < -0.4 is 5.73 Å². The standard InChI is InChI=1S/C14H16N2O/c15-8-4-3-7-14(17)13-10-16-9-11-5-1-2-6-12(11)13/h1-2,5-6,9-10H,3-4,7-8,15H2. The lowest BCUT2D eigenvalue weighted by atomic mass is 10.0. The Labute approximate surface area is 101 Å². The van der Waals surface area contributed by atoms with Crippen LogP contribution in [0, 0.1) is 0 Å². The van der Waals surface area contributed by atoms with Crippen molar-refractivity contribution in [2.45, 2.75) is 19.3 Å². The highest BCUT2D eigenvalue weighted by molar-refractivity contribution is 6.07. The molecular formula is C14H16N2O. The summed E-state index contributed by atoms with van der Waals surface area (Å²) in [4.78, 5) is 16.2. The van der Waals surface area contributed by atoms with Crippen molar-refractivity contribution in [3.05, 3.63) is 42.2 Å². The lowest BCUT2D eigenvalue weighted by Gasteiger charge is -2.04. The van der Waals surface area contributed by atoms with E-state index in [2.05, 4.69) is 4.98 Å². The molecule has 1 aromatic carbocycles. The average Bonchev–Trinajstić information content (AvgIpc) is 2.38. The Kier molecular flexibility index (Phi) is 3.83. The molecule has 0 aliphatic carbocycles. The van der Waals surface area contributed by atoms with Gasteiger partial charge in [-0.05, 0) is 24.8 Å². The molecule has 0 saturated heterocycles. The number of hydrogen-bond acceptors (Lipinski definition) is 3. The number of pyridine rings is 1. The molecule has 0 bridgehead atoms. The normalized spacial score (nSPS) is 10.6. The summed E-state index contributed by atoms with van der Waals surface area (Å²) in [6.07, 6.45) is 5.73. The summed E-state index contributed by atoms with van der Waals surface area (Å²) in [5.74, 6) is 0.155. The van der Waals surface area contributed by atoms with Crippen LogP contribution in [0.5, 0.6) is 0 Å². The number of rotatable bonds is 5. The van der Waals surface area contributed by atoms with E-state index in [1.54, 1.807) is 12.4 Å². The van der Waals surface area contributed by atoms with Crippen LogP contribution in [0.1, 0.15) is 29.6 Å². The lowest BCUT2D eigenvalue weighted by molar-refractivity contribution is 0.0981. The molecule has 2 rings (SSSR count). The zero-order valence-corrected chi connectivity index (χ0v) is 9.73. The molecule has 1 aromatic heterocycles. The van der Waals surface area contributed by atoms with Crippen molar-refractivity contribution in [2.75, 3.05) is 6.54 Å². The van der Waals surface area contributed by atoms with Gasteiger partial charge in [-0.25, -0.2) is 0 Å². The minimum Gasteiger partial charge on any atom is -0.330 e. The Balaban J connectivity index is 2.26. The summed E-state index contributed by atoms with van der Waals surface area (Å²) in [5.41, 5.74) is 6.14. The highest BCUT2D eigenvalue weighted by Crippen LogP contribution is 2.18. The van der Waals surface area contributed by atoms with Gasteiger partial charge in [0.2, 0.25) is 0 Å². The van der Waals surface area contributed by atoms with E-state index in [0.29, 0.717) is 13.0 Å². The highest BCUT2D eigenvalue weighted by atomic mass is 16.1. The fourth-order valence-electron chi connectivity index (χ4n) is 1.90. The molecule has 0 saturated carbocycles. The largest absolute Gasteiger partial charge is 0.330 e. The monoisotopic (exact) mass is 228 g/mol. The van der Waals surface area contributed by atoms with Crippen molar-refractivity contribution in [1.29, 1.82) is 0 Å². The van der Waals surface area contributed by atoms with Gasteiger partial charge in [0.05, 0.1) is 0 Å². The molecule has 0 aliphatic rings. The van der Waals surface area contributed by atoms with E-state index in [9.17, 15) is 4.79 Å². The molecule has 2 N–H and O–H groups in total. The summed E-state index contributed by atoms with van der Waals surface area (Å²) in [7, 11) is 0. The second-order valence-corrected chi connectivity index (χ2v) is 4.08. The van der Waals surface area contributed by atoms with E-state index >= 15 is 0 Å². The van der Waals surface area contributed by atoms with E-state index in [-0.39, 0.29) is 5.78 Å². The third kappa shape index (κ3) is 2.68. The SMILES string of the molecule is NCCCCC(=O)c1cncc2ccccc12. The van der Waals surface area contributed by atoms with Crippen LogP contribution in [0.15, 0.2) is 36.7 Å². The minimum absolute atomic E-state index is 0.155. The number of fused-ring (bicyclic) bond motifs is 1. The molecule has 0 radical (unpaired) electrons. The first-order chi connectivity index (χ1) is 8.33. The molecule has 17 heavy (non-hydrogen) atoms. The molecule has 0 amide bonds. The maximum Gasteiger partial charge on any atom is 0.165 e. The van der Waals surface area contributed by atoms with Crippen LogP contribution in [0.4, 0.5) is 0 Å². The zero-order chi connectivity index (χ0) is 12.1. The van der Waals surface area contributed by atoms with Crippen LogP contribution in [-0.2, 0) is 0 Å². The number of hydrogen-bond donors (Lipinski definition) is 1. The van der Waals surface area contributed by atoms with Crippen molar-refractivity contribution in [3.8, 4) is 0 Å².